The Kier molecular flexibility index (Phi) is 72.5. The summed E-state index contributed by atoms with van der Waals surface area (Å²) in [7, 11) is 0. The third kappa shape index (κ3) is 37.7. The molecule has 2 unspecified atom stereocenters. The van der Waals surface area contributed by atoms with Crippen LogP contribution in [0.15, 0.2) is 64.6 Å². The van der Waals surface area contributed by atoms with Gasteiger partial charge in [-0.25, -0.2) is 0 Å². The van der Waals surface area contributed by atoms with E-state index in [-0.39, 0.29) is 203 Å². The quantitative estimate of drug-likeness (QED) is 0.123. The maximum absolute atomic E-state index is 9.16. The molecule has 27 heteroatoms. The Bertz CT molecular complexity index is 2030. The molecule has 12 heterocycles. The van der Waals surface area contributed by atoms with Gasteiger partial charge in [-0.15, -0.1) is 81.0 Å². The van der Waals surface area contributed by atoms with E-state index >= 15 is 0 Å². The van der Waals surface area contributed by atoms with E-state index in [0.717, 1.165) is 70.5 Å². The smallest absolute Gasteiger partial charge is 0.232 e. The number of hydrogen-bond acceptors (Lipinski definition) is 21. The van der Waals surface area contributed by atoms with Crippen LogP contribution in [-0.4, -0.2) is 86.9 Å². The van der Waals surface area contributed by atoms with Gasteiger partial charge in [0, 0.05) is 267 Å². The largest absolute Gasteiger partial charge is 0.659 e. The molecule has 0 fully saturated rings. The fourth-order valence-corrected chi connectivity index (χ4v) is 9.07. The predicted molar refractivity (Wildman–Crippen MR) is 301 cm³/mol. The number of fused-ring (bicyclic) bond motifs is 6. The second-order valence-electron chi connectivity index (χ2n) is 12.4. The molecule has 0 spiro atoms. The number of rotatable bonds is 0. The van der Waals surface area contributed by atoms with Gasteiger partial charge in [-0.2, -0.15) is 6.61 Å². The first-order valence-corrected chi connectivity index (χ1v) is 30.2. The van der Waals surface area contributed by atoms with Crippen molar-refractivity contribution in [3.8, 4) is 69.0 Å². The van der Waals surface area contributed by atoms with E-state index in [0.29, 0.717) is 57.6 Å². The van der Waals surface area contributed by atoms with Gasteiger partial charge in [0.25, 0.3) is 0 Å². The van der Waals surface area contributed by atoms with Gasteiger partial charge in [-0.1, -0.05) is 83.1 Å². The zero-order valence-electron chi connectivity index (χ0n) is 47.6. The van der Waals surface area contributed by atoms with Gasteiger partial charge in [0.2, 0.25) is 12.6 Å². The summed E-state index contributed by atoms with van der Waals surface area (Å²) in [5.74, 6) is 9.43. The molecule has 3 N–H and O–H groups in total. The van der Waals surface area contributed by atoms with Crippen LogP contribution in [0.2, 0.25) is 0 Å². The van der Waals surface area contributed by atoms with Crippen LogP contribution in [0.5, 0.6) is 69.0 Å². The Morgan fingerprint density at radius 1 is 0.342 bits per heavy atom. The predicted octanol–water partition coefficient (Wildman–Crippen LogP) is 14.6. The van der Waals surface area contributed by atoms with Gasteiger partial charge in [0.05, 0.1) is 13.2 Å². The second-order valence-corrected chi connectivity index (χ2v) is 16.9. The van der Waals surface area contributed by atoms with Crippen molar-refractivity contribution >= 4 is 68.0 Å². The molecule has 6 radical (unpaired) electrons. The molecule has 0 aromatic carbocycles. The van der Waals surface area contributed by atoms with Gasteiger partial charge in [0.15, 0.2) is 64.1 Å². The summed E-state index contributed by atoms with van der Waals surface area (Å²) in [4.78, 5) is 0. The first-order chi connectivity index (χ1) is 36.0. The summed E-state index contributed by atoms with van der Waals surface area (Å²) in [6.45, 7) is 31.4. The Balaban J connectivity index is -0.000000192. The number of aliphatic hydroxyl groups excluding tert-OH is 3. The van der Waals surface area contributed by atoms with Crippen LogP contribution < -0.4 is 56.8 Å². The summed E-state index contributed by atoms with van der Waals surface area (Å²) in [5, 5.41) is 50.0. The van der Waals surface area contributed by atoms with Crippen LogP contribution in [0.25, 0.3) is 0 Å². The zero-order chi connectivity index (χ0) is 54.1. The topological polar surface area (TPSA) is 171 Å². The van der Waals surface area contributed by atoms with Gasteiger partial charge in [-0.3, -0.25) is 6.42 Å². The fraction of sp³-hybridized carbons (Fsp3) is 0.481. The standard InChI is InChI=1S/2C7H8O3S.2C7H7O2S.C6H6O3S.C6H5O2S.6C2H6.6Y/c8-5-1-9-6-3-11-4-7(6)10-2-5;8-7-1-2-9-5-3-11-4-6(5)10-7;2*1-2-8-6-4-10-5-7(6)9-3-1;7-6-1-8-4-2-10-3-5(4)9-6;1-2-8-6-4-9-3-5(6)7-1;6*1-2;;;;;;/h3-5,8H,1-2H2;3-4,7-8H,1-2H2;2,4-5H,1,3H2;1,4-5H,2-3H2;2-3,6-7H,1H2;1,3-4H,2H2;6*1-2H3;;;;;;/q;;2*-1;;-1;;;;;;;;;;;;. The number of ether oxygens (including phenoxy) is 12. The van der Waals surface area contributed by atoms with Crippen molar-refractivity contribution in [2.24, 2.45) is 0 Å². The van der Waals surface area contributed by atoms with Gasteiger partial charge >= 0.3 is 0 Å². The Hall–Kier alpha value is 2.30. The first-order valence-electron chi connectivity index (χ1n) is 24.5. The summed E-state index contributed by atoms with van der Waals surface area (Å²) < 4.78 is 62.6. The van der Waals surface area contributed by atoms with Crippen molar-refractivity contribution in [3.05, 3.63) is 84.2 Å². The molecule has 6 aliphatic heterocycles. The third-order valence-electron chi connectivity index (χ3n) is 7.88. The normalized spacial score (nSPS) is 14.9. The van der Waals surface area contributed by atoms with Crippen LogP contribution in [0.4, 0.5) is 0 Å². The van der Waals surface area contributed by atoms with Crippen molar-refractivity contribution in [3.63, 3.8) is 0 Å². The van der Waals surface area contributed by atoms with Crippen molar-refractivity contribution in [1.29, 1.82) is 0 Å². The molecular formula is C52H77O15S6Y6-3. The van der Waals surface area contributed by atoms with Crippen molar-refractivity contribution in [2.45, 2.75) is 115 Å². The fourth-order valence-electron chi connectivity index (χ4n) is 5.02. The molecule has 0 saturated carbocycles. The first kappa shape index (κ1) is 92.5. The van der Waals surface area contributed by atoms with Gasteiger partial charge in [0.1, 0.15) is 30.8 Å². The Morgan fingerprint density at radius 2 is 0.646 bits per heavy atom. The molecule has 6 aliphatic rings. The molecule has 79 heavy (non-hydrogen) atoms. The molecule has 15 nitrogen and oxygen atoms in total. The summed E-state index contributed by atoms with van der Waals surface area (Å²) in [5.41, 5.74) is 0. The SMILES string of the molecule is CC.CC.CC.CC.CC.CC.OC1CCOc2cscc2O1.OC1COc2cscc2O1.OC1COc2cscc2OC1.[Y].[Y].[Y].[Y].[Y].[Y].c1scc2c1OC[CH-]CO2.c1scc2c1O[CH-]CCO2.c1scc2c1O[CH-]CO2. The van der Waals surface area contributed by atoms with E-state index in [1.54, 1.807) is 52.6 Å². The van der Waals surface area contributed by atoms with Crippen LogP contribution >= 0.6 is 68.0 Å². The molecule has 0 bridgehead atoms. The van der Waals surface area contributed by atoms with Gasteiger partial charge < -0.3 is 72.2 Å². The number of aliphatic hydroxyl groups is 3. The van der Waals surface area contributed by atoms with Crippen molar-refractivity contribution < 1.29 is 268 Å². The minimum absolute atomic E-state index is 0. The average Bonchev–Trinajstić information content (AvgIpc) is 4.35. The maximum atomic E-state index is 9.16. The average molecular weight is 1670 g/mol. The maximum Gasteiger partial charge on any atom is 0.232 e. The summed E-state index contributed by atoms with van der Waals surface area (Å²) >= 11 is 9.32. The minimum atomic E-state index is -0.804. The van der Waals surface area contributed by atoms with Crippen molar-refractivity contribution in [1.82, 2.24) is 0 Å². The zero-order valence-corrected chi connectivity index (χ0v) is 69.5. The molecular weight excluding hydrogens is 1590 g/mol. The van der Waals surface area contributed by atoms with Crippen molar-refractivity contribution in [2.75, 3.05) is 52.9 Å². The number of thiophene rings is 6. The Labute approximate surface area is 646 Å². The molecule has 12 rings (SSSR count). The van der Waals surface area contributed by atoms with E-state index in [9.17, 15) is 0 Å². The third-order valence-corrected chi connectivity index (χ3v) is 12.1. The van der Waals surface area contributed by atoms with Crippen LogP contribution in [0, 0.1) is 19.6 Å². The minimum Gasteiger partial charge on any atom is -0.659 e. The van der Waals surface area contributed by atoms with E-state index in [1.807, 2.05) is 149 Å². The molecule has 0 amide bonds. The van der Waals surface area contributed by atoms with E-state index in [4.69, 9.17) is 72.2 Å². The number of hydrogen-bond donors (Lipinski definition) is 3. The molecule has 6 aromatic heterocycles. The summed E-state index contributed by atoms with van der Waals surface area (Å²) in [6.07, 6.45) is 1.32. The van der Waals surface area contributed by atoms with E-state index in [2.05, 4.69) is 0 Å². The van der Waals surface area contributed by atoms with Crippen LogP contribution in [0.1, 0.15) is 95.9 Å². The molecule has 432 valence electrons. The summed E-state index contributed by atoms with van der Waals surface area (Å²) in [6, 6.07) is 0. The molecule has 0 saturated heterocycles. The monoisotopic (exact) mass is 1670 g/mol. The van der Waals surface area contributed by atoms with Crippen LogP contribution in [-0.2, 0) is 196 Å². The Morgan fingerprint density at radius 3 is 1.09 bits per heavy atom. The second kappa shape index (κ2) is 61.9. The van der Waals surface area contributed by atoms with Crippen LogP contribution in [0.3, 0.4) is 0 Å². The molecule has 6 aromatic rings. The van der Waals surface area contributed by atoms with E-state index < -0.39 is 18.7 Å². The molecule has 2 atom stereocenters. The molecule has 0 aliphatic carbocycles. The van der Waals surface area contributed by atoms with E-state index in [1.165, 1.54) is 34.0 Å². The van der Waals surface area contributed by atoms with Gasteiger partial charge in [-0.05, 0) is 19.8 Å².